The Morgan fingerprint density at radius 2 is 1.84 bits per heavy atom. The summed E-state index contributed by atoms with van der Waals surface area (Å²) >= 11 is 0. The normalized spacial score (nSPS) is 14.5. The molecule has 0 radical (unpaired) electrons. The predicted octanol–water partition coefficient (Wildman–Crippen LogP) is 4.74. The van der Waals surface area contributed by atoms with E-state index >= 15 is 0 Å². The summed E-state index contributed by atoms with van der Waals surface area (Å²) in [7, 11) is 0. The fourth-order valence-corrected chi connectivity index (χ4v) is 3.81. The minimum Gasteiger partial charge on any atom is -0.445 e. The number of aryl methyl sites for hydroxylation is 2. The van der Waals surface area contributed by atoms with E-state index in [1.165, 1.54) is 0 Å². The number of nitrogen functional groups attached to an aromatic ring is 1. The van der Waals surface area contributed by atoms with Gasteiger partial charge in [-0.25, -0.2) is 4.79 Å². The van der Waals surface area contributed by atoms with Crippen LogP contribution in [-0.4, -0.2) is 12.0 Å². The second-order valence-corrected chi connectivity index (χ2v) is 7.69. The van der Waals surface area contributed by atoms with Crippen LogP contribution >= 0.6 is 0 Å². The smallest absolute Gasteiger partial charge is 0.407 e. The summed E-state index contributed by atoms with van der Waals surface area (Å²) in [5.74, 6) is -0.213. The number of para-hydroxylation sites is 2. The summed E-state index contributed by atoms with van der Waals surface area (Å²) in [5.41, 5.74) is 11.7. The number of hydrogen-bond donors (Lipinski definition) is 3. The highest BCUT2D eigenvalue weighted by Gasteiger charge is 2.25. The van der Waals surface area contributed by atoms with E-state index < -0.39 is 6.09 Å². The van der Waals surface area contributed by atoms with Gasteiger partial charge in [-0.05, 0) is 66.3 Å². The van der Waals surface area contributed by atoms with Gasteiger partial charge in [0, 0.05) is 5.56 Å². The van der Waals surface area contributed by atoms with Crippen LogP contribution in [-0.2, 0) is 17.8 Å². The van der Waals surface area contributed by atoms with Crippen LogP contribution in [0.2, 0.25) is 0 Å². The summed E-state index contributed by atoms with van der Waals surface area (Å²) in [6.07, 6.45) is 1.11. The molecule has 6 heteroatoms. The van der Waals surface area contributed by atoms with Crippen molar-refractivity contribution in [1.82, 2.24) is 5.32 Å². The number of rotatable bonds is 5. The van der Waals surface area contributed by atoms with Gasteiger partial charge in [0.25, 0.3) is 5.91 Å². The molecule has 31 heavy (non-hydrogen) atoms. The van der Waals surface area contributed by atoms with Crippen molar-refractivity contribution < 1.29 is 14.3 Å². The zero-order valence-corrected chi connectivity index (χ0v) is 17.4. The third-order valence-corrected chi connectivity index (χ3v) is 5.60. The van der Waals surface area contributed by atoms with Gasteiger partial charge in [-0.2, -0.15) is 0 Å². The minimum atomic E-state index is -0.442. The van der Waals surface area contributed by atoms with E-state index in [1.807, 2.05) is 55.5 Å². The maximum atomic E-state index is 12.6. The van der Waals surface area contributed by atoms with Crippen molar-refractivity contribution in [1.29, 1.82) is 0 Å². The van der Waals surface area contributed by atoms with Crippen LogP contribution in [0.25, 0.3) is 0 Å². The van der Waals surface area contributed by atoms with Crippen LogP contribution in [0.3, 0.4) is 0 Å². The lowest BCUT2D eigenvalue weighted by atomic mass is 10.0. The molecule has 1 atom stereocenters. The maximum Gasteiger partial charge on any atom is 0.407 e. The molecule has 1 aliphatic rings. The molecule has 0 saturated carbocycles. The summed E-state index contributed by atoms with van der Waals surface area (Å²) in [6.45, 7) is 2.23. The topological polar surface area (TPSA) is 93.4 Å². The van der Waals surface area contributed by atoms with Crippen molar-refractivity contribution in [3.63, 3.8) is 0 Å². The number of fused-ring (bicyclic) bond motifs is 1. The highest BCUT2D eigenvalue weighted by atomic mass is 16.5. The zero-order chi connectivity index (χ0) is 21.8. The second-order valence-electron chi connectivity index (χ2n) is 7.69. The van der Waals surface area contributed by atoms with Crippen LogP contribution < -0.4 is 16.4 Å². The molecule has 3 aromatic rings. The molecule has 1 unspecified atom stereocenters. The quantitative estimate of drug-likeness (QED) is 0.525. The van der Waals surface area contributed by atoms with Crippen LogP contribution in [0.5, 0.6) is 0 Å². The highest BCUT2D eigenvalue weighted by Crippen LogP contribution is 2.32. The summed E-state index contributed by atoms with van der Waals surface area (Å²) < 4.78 is 5.40. The van der Waals surface area contributed by atoms with Gasteiger partial charge >= 0.3 is 6.09 Å². The first-order valence-corrected chi connectivity index (χ1v) is 10.3. The van der Waals surface area contributed by atoms with Gasteiger partial charge in [0.15, 0.2) is 0 Å². The average molecular weight is 415 g/mol. The largest absolute Gasteiger partial charge is 0.445 e. The number of hydrogen-bond acceptors (Lipinski definition) is 4. The number of alkyl carbamates (subject to hydrolysis) is 1. The fraction of sp³-hybridized carbons (Fsp3) is 0.200. The first-order valence-electron chi connectivity index (χ1n) is 10.3. The summed E-state index contributed by atoms with van der Waals surface area (Å²) in [5, 5.41) is 5.79. The van der Waals surface area contributed by atoms with Gasteiger partial charge in [0.2, 0.25) is 0 Å². The van der Waals surface area contributed by atoms with E-state index in [-0.39, 0.29) is 18.6 Å². The molecule has 0 bridgehead atoms. The zero-order valence-electron chi connectivity index (χ0n) is 17.4. The Kier molecular flexibility index (Phi) is 5.89. The van der Waals surface area contributed by atoms with Crippen molar-refractivity contribution in [2.24, 2.45) is 0 Å². The molecule has 0 heterocycles. The van der Waals surface area contributed by atoms with E-state index in [2.05, 4.69) is 10.6 Å². The molecule has 6 nitrogen and oxygen atoms in total. The molecule has 0 fully saturated rings. The lowest BCUT2D eigenvalue weighted by Crippen LogP contribution is -2.27. The van der Waals surface area contributed by atoms with Gasteiger partial charge in [-0.15, -0.1) is 0 Å². The van der Waals surface area contributed by atoms with Crippen molar-refractivity contribution in [3.05, 3.63) is 94.5 Å². The Morgan fingerprint density at radius 1 is 1.06 bits per heavy atom. The van der Waals surface area contributed by atoms with Crippen molar-refractivity contribution in [3.8, 4) is 0 Å². The first kappa shape index (κ1) is 20.5. The molecule has 1 aliphatic carbocycles. The van der Waals surface area contributed by atoms with Crippen LogP contribution in [0, 0.1) is 6.92 Å². The number of carbonyl (C=O) groups is 2. The number of amides is 2. The predicted molar refractivity (Wildman–Crippen MR) is 121 cm³/mol. The molecular weight excluding hydrogens is 390 g/mol. The molecule has 3 aromatic carbocycles. The highest BCUT2D eigenvalue weighted by molar-refractivity contribution is 6.05. The van der Waals surface area contributed by atoms with Crippen LogP contribution in [0.4, 0.5) is 16.2 Å². The molecule has 0 aromatic heterocycles. The third kappa shape index (κ3) is 4.69. The van der Waals surface area contributed by atoms with Gasteiger partial charge in [-0.3, -0.25) is 4.79 Å². The lowest BCUT2D eigenvalue weighted by molar-refractivity contribution is 0.102. The van der Waals surface area contributed by atoms with Crippen LogP contribution in [0.15, 0.2) is 66.7 Å². The van der Waals surface area contributed by atoms with E-state index in [4.69, 9.17) is 10.5 Å². The van der Waals surface area contributed by atoms with Gasteiger partial charge in [0.05, 0.1) is 17.4 Å². The Bertz CT molecular complexity index is 1130. The number of carbonyl (C=O) groups excluding carboxylic acids is 2. The van der Waals surface area contributed by atoms with E-state index in [0.29, 0.717) is 16.9 Å². The fourth-order valence-electron chi connectivity index (χ4n) is 3.81. The molecule has 0 spiro atoms. The molecule has 0 saturated heterocycles. The second kappa shape index (κ2) is 8.92. The summed E-state index contributed by atoms with van der Waals surface area (Å²) in [6, 6.07) is 20.4. The SMILES string of the molecule is Cc1ccccc1COC(=O)NC1CCc2cc(C(=O)Nc3ccccc3N)ccc21. The molecule has 158 valence electrons. The number of nitrogens with one attached hydrogen (secondary N) is 2. The Balaban J connectivity index is 1.38. The van der Waals surface area contributed by atoms with Gasteiger partial charge < -0.3 is 21.1 Å². The molecule has 4 rings (SSSR count). The Labute approximate surface area is 181 Å². The maximum absolute atomic E-state index is 12.6. The van der Waals surface area contributed by atoms with Crippen molar-refractivity contribution >= 4 is 23.4 Å². The summed E-state index contributed by atoms with van der Waals surface area (Å²) in [4.78, 5) is 24.9. The number of ether oxygens (including phenoxy) is 1. The van der Waals surface area contributed by atoms with Crippen LogP contribution in [0.1, 0.15) is 45.1 Å². The Hall–Kier alpha value is -3.80. The molecule has 4 N–H and O–H groups in total. The van der Waals surface area contributed by atoms with Gasteiger partial charge in [0.1, 0.15) is 6.61 Å². The average Bonchev–Trinajstić information content (AvgIpc) is 3.16. The third-order valence-electron chi connectivity index (χ3n) is 5.60. The van der Waals surface area contributed by atoms with E-state index in [0.717, 1.165) is 35.1 Å². The van der Waals surface area contributed by atoms with E-state index in [9.17, 15) is 9.59 Å². The first-order chi connectivity index (χ1) is 15.0. The number of anilines is 2. The monoisotopic (exact) mass is 415 g/mol. The molecule has 0 aliphatic heterocycles. The van der Waals surface area contributed by atoms with Crippen molar-refractivity contribution in [2.45, 2.75) is 32.4 Å². The van der Waals surface area contributed by atoms with E-state index in [1.54, 1.807) is 18.2 Å². The Morgan fingerprint density at radius 3 is 2.65 bits per heavy atom. The van der Waals surface area contributed by atoms with Crippen molar-refractivity contribution in [2.75, 3.05) is 11.1 Å². The standard InChI is InChI=1S/C25H25N3O3/c1-16-6-2-3-7-19(16)15-31-25(30)28-22-13-11-17-14-18(10-12-20(17)22)24(29)27-23-9-5-4-8-21(23)26/h2-10,12,14,22H,11,13,15,26H2,1H3,(H,27,29)(H,28,30). The molecule has 2 amide bonds. The lowest BCUT2D eigenvalue weighted by Gasteiger charge is -2.15. The number of nitrogens with two attached hydrogens (primary N) is 1. The van der Waals surface area contributed by atoms with Gasteiger partial charge in [-0.1, -0.05) is 42.5 Å². The molecular formula is C25H25N3O3. The minimum absolute atomic E-state index is 0.124. The number of benzene rings is 3.